The van der Waals surface area contributed by atoms with Gasteiger partial charge >= 0.3 is 0 Å². The quantitative estimate of drug-likeness (QED) is 0.541. The van der Waals surface area contributed by atoms with Crippen LogP contribution in [0.15, 0.2) is 24.8 Å². The summed E-state index contributed by atoms with van der Waals surface area (Å²) in [7, 11) is 0. The van der Waals surface area contributed by atoms with Gasteiger partial charge in [-0.15, -0.1) is 6.58 Å². The number of hydrogen-bond donors (Lipinski definition) is 0. The van der Waals surface area contributed by atoms with Crippen molar-refractivity contribution in [3.63, 3.8) is 0 Å². The molecule has 1 saturated carbocycles. The summed E-state index contributed by atoms with van der Waals surface area (Å²) < 4.78 is 12.1. The summed E-state index contributed by atoms with van der Waals surface area (Å²) in [5.74, 6) is 1.82. The van der Waals surface area contributed by atoms with Gasteiger partial charge in [-0.25, -0.2) is 0 Å². The van der Waals surface area contributed by atoms with Gasteiger partial charge in [-0.05, 0) is 30.8 Å². The van der Waals surface area contributed by atoms with E-state index in [0.717, 1.165) is 5.57 Å². The van der Waals surface area contributed by atoms with Crippen molar-refractivity contribution in [1.29, 1.82) is 0 Å². The first kappa shape index (κ1) is 11.5. The van der Waals surface area contributed by atoms with E-state index in [0.29, 0.717) is 23.9 Å². The Balaban J connectivity index is 1.93. The Bertz CT molecular complexity index is 373. The first-order chi connectivity index (χ1) is 8.02. The average Bonchev–Trinajstić information content (AvgIpc) is 2.92. The fourth-order valence-electron chi connectivity index (χ4n) is 3.96. The summed E-state index contributed by atoms with van der Waals surface area (Å²) in [5, 5.41) is 0. The van der Waals surface area contributed by atoms with Crippen LogP contribution in [0, 0.1) is 17.8 Å². The smallest absolute Gasteiger partial charge is 0.124 e. The minimum atomic E-state index is -0.0779. The maximum absolute atomic E-state index is 6.11. The summed E-state index contributed by atoms with van der Waals surface area (Å²) in [4.78, 5) is 0. The Hall–Kier alpha value is -0.600. The lowest BCUT2D eigenvalue weighted by Crippen LogP contribution is -2.45. The molecule has 0 aromatic rings. The van der Waals surface area contributed by atoms with Crippen molar-refractivity contribution in [3.05, 3.63) is 24.8 Å². The lowest BCUT2D eigenvalue weighted by Gasteiger charge is -2.38. The van der Waals surface area contributed by atoms with Crippen molar-refractivity contribution in [2.45, 2.75) is 51.1 Å². The molecule has 1 spiro atoms. The lowest BCUT2D eigenvalue weighted by molar-refractivity contribution is -0.0594. The summed E-state index contributed by atoms with van der Waals surface area (Å²) in [6.45, 7) is 14.8. The second-order valence-corrected chi connectivity index (χ2v) is 6.10. The first-order valence-corrected chi connectivity index (χ1v) is 6.67. The predicted molar refractivity (Wildman–Crippen MR) is 67.7 cm³/mol. The van der Waals surface area contributed by atoms with Crippen LogP contribution in [0.25, 0.3) is 0 Å². The maximum Gasteiger partial charge on any atom is 0.124 e. The third-order valence-electron chi connectivity index (χ3n) is 5.00. The van der Waals surface area contributed by atoms with Crippen molar-refractivity contribution in [2.75, 3.05) is 0 Å². The topological polar surface area (TPSA) is 21.8 Å². The molecule has 6 unspecified atom stereocenters. The summed E-state index contributed by atoms with van der Waals surface area (Å²) >= 11 is 0. The van der Waals surface area contributed by atoms with Crippen molar-refractivity contribution in [1.82, 2.24) is 0 Å². The molecule has 2 heterocycles. The lowest BCUT2D eigenvalue weighted by atomic mass is 9.79. The molecule has 0 amide bonds. The van der Waals surface area contributed by atoms with Gasteiger partial charge in [0.2, 0.25) is 0 Å². The van der Waals surface area contributed by atoms with Gasteiger partial charge in [0.1, 0.15) is 5.60 Å². The number of rotatable bonds is 2. The monoisotopic (exact) mass is 234 g/mol. The molecule has 1 aliphatic carbocycles. The van der Waals surface area contributed by atoms with Crippen molar-refractivity contribution < 1.29 is 9.47 Å². The van der Waals surface area contributed by atoms with Crippen LogP contribution >= 0.6 is 0 Å². The fourth-order valence-corrected chi connectivity index (χ4v) is 3.96. The van der Waals surface area contributed by atoms with Gasteiger partial charge in [0.25, 0.3) is 0 Å². The van der Waals surface area contributed by atoms with E-state index in [-0.39, 0.29) is 17.8 Å². The number of ether oxygens (including phenoxy) is 2. The highest BCUT2D eigenvalue weighted by Gasteiger charge is 2.74. The molecule has 0 bridgehead atoms. The largest absolute Gasteiger partial charge is 0.366 e. The van der Waals surface area contributed by atoms with Gasteiger partial charge in [-0.2, -0.15) is 0 Å². The Morgan fingerprint density at radius 2 is 2.18 bits per heavy atom. The van der Waals surface area contributed by atoms with E-state index >= 15 is 0 Å². The van der Waals surface area contributed by atoms with Crippen LogP contribution in [0.4, 0.5) is 0 Å². The van der Waals surface area contributed by atoms with Crippen molar-refractivity contribution in [3.8, 4) is 0 Å². The molecule has 3 fully saturated rings. The molecular weight excluding hydrogens is 212 g/mol. The Labute approximate surface area is 104 Å². The van der Waals surface area contributed by atoms with Crippen LogP contribution in [0.2, 0.25) is 0 Å². The predicted octanol–water partition coefficient (Wildman–Crippen LogP) is 2.95. The average molecular weight is 234 g/mol. The Kier molecular flexibility index (Phi) is 2.34. The van der Waals surface area contributed by atoms with E-state index in [1.807, 2.05) is 6.08 Å². The van der Waals surface area contributed by atoms with Gasteiger partial charge in [-0.3, -0.25) is 0 Å². The first-order valence-electron chi connectivity index (χ1n) is 6.67. The Morgan fingerprint density at radius 1 is 1.47 bits per heavy atom. The highest BCUT2D eigenvalue weighted by Crippen LogP contribution is 2.65. The number of epoxide rings is 1. The zero-order valence-corrected chi connectivity index (χ0v) is 11.0. The second kappa shape index (κ2) is 3.46. The molecule has 2 nitrogen and oxygen atoms in total. The van der Waals surface area contributed by atoms with Crippen LogP contribution in [0.1, 0.15) is 27.2 Å². The standard InChI is InChI=1S/C15H22O2/c1-6-13-9(4)15-12(10(5)16-13)7-11(8(2)3)14(15)17-15/h6,8,10-14H,1,4,7H2,2-3,5H3. The summed E-state index contributed by atoms with van der Waals surface area (Å²) in [6.07, 6.45) is 3.67. The van der Waals surface area contributed by atoms with Crippen LogP contribution in [-0.2, 0) is 9.47 Å². The summed E-state index contributed by atoms with van der Waals surface area (Å²) in [6, 6.07) is 0. The molecule has 0 N–H and O–H groups in total. The molecule has 3 aliphatic rings. The van der Waals surface area contributed by atoms with Gasteiger partial charge in [-0.1, -0.05) is 26.5 Å². The zero-order chi connectivity index (χ0) is 12.4. The van der Waals surface area contributed by atoms with Crippen molar-refractivity contribution >= 4 is 0 Å². The fraction of sp³-hybridized carbons (Fsp3) is 0.733. The minimum absolute atomic E-state index is 0.0304. The van der Waals surface area contributed by atoms with E-state index in [1.165, 1.54) is 6.42 Å². The minimum Gasteiger partial charge on any atom is -0.366 e. The molecule has 6 atom stereocenters. The van der Waals surface area contributed by atoms with E-state index < -0.39 is 0 Å². The molecule has 2 saturated heterocycles. The SMILES string of the molecule is C=CC1OC(C)C2CC(C(C)C)C3OC23C1=C. The van der Waals surface area contributed by atoms with E-state index in [4.69, 9.17) is 9.47 Å². The van der Waals surface area contributed by atoms with E-state index in [2.05, 4.69) is 33.9 Å². The van der Waals surface area contributed by atoms with Gasteiger partial charge in [0.05, 0.1) is 18.3 Å². The third kappa shape index (κ3) is 1.28. The molecule has 94 valence electrons. The molecule has 0 radical (unpaired) electrons. The molecule has 2 heteroatoms. The summed E-state index contributed by atoms with van der Waals surface area (Å²) in [5.41, 5.74) is 1.02. The molecule has 2 aliphatic heterocycles. The molecule has 0 aromatic heterocycles. The highest BCUT2D eigenvalue weighted by atomic mass is 16.6. The molecule has 0 aromatic carbocycles. The molecular formula is C15H22O2. The zero-order valence-electron chi connectivity index (χ0n) is 11.0. The second-order valence-electron chi connectivity index (χ2n) is 6.10. The van der Waals surface area contributed by atoms with E-state index in [1.54, 1.807) is 0 Å². The Morgan fingerprint density at radius 3 is 2.76 bits per heavy atom. The normalized spacial score (nSPS) is 52.2. The molecule has 17 heavy (non-hydrogen) atoms. The van der Waals surface area contributed by atoms with Gasteiger partial charge in [0, 0.05) is 5.92 Å². The third-order valence-corrected chi connectivity index (χ3v) is 5.00. The van der Waals surface area contributed by atoms with Gasteiger partial charge in [0.15, 0.2) is 0 Å². The van der Waals surface area contributed by atoms with Gasteiger partial charge < -0.3 is 9.47 Å². The van der Waals surface area contributed by atoms with Crippen LogP contribution in [-0.4, -0.2) is 23.9 Å². The number of hydrogen-bond acceptors (Lipinski definition) is 2. The van der Waals surface area contributed by atoms with Crippen LogP contribution < -0.4 is 0 Å². The van der Waals surface area contributed by atoms with E-state index in [9.17, 15) is 0 Å². The van der Waals surface area contributed by atoms with Crippen molar-refractivity contribution in [2.24, 2.45) is 17.8 Å². The highest BCUT2D eigenvalue weighted by molar-refractivity contribution is 5.39. The van der Waals surface area contributed by atoms with Crippen LogP contribution in [0.5, 0.6) is 0 Å². The van der Waals surface area contributed by atoms with Crippen LogP contribution in [0.3, 0.4) is 0 Å². The maximum atomic E-state index is 6.11. The molecule has 3 rings (SSSR count).